The average Bonchev–Trinajstić information content (AvgIpc) is 2.86. The third-order valence-corrected chi connectivity index (χ3v) is 4.57. The van der Waals surface area contributed by atoms with Gasteiger partial charge in [0.05, 0.1) is 4.90 Å². The van der Waals surface area contributed by atoms with Gasteiger partial charge in [-0.05, 0) is 36.4 Å². The molecule has 5 nitrogen and oxygen atoms in total. The van der Waals surface area contributed by atoms with Crippen molar-refractivity contribution in [2.24, 2.45) is 0 Å². The van der Waals surface area contributed by atoms with E-state index in [1.807, 2.05) is 13.0 Å². The first-order valence-corrected chi connectivity index (χ1v) is 8.14. The van der Waals surface area contributed by atoms with Crippen LogP contribution < -0.4 is 4.72 Å². The number of benzene rings is 1. The number of rotatable bonds is 7. The fourth-order valence-corrected chi connectivity index (χ4v) is 3.10. The molecule has 0 spiro atoms. The van der Waals surface area contributed by atoms with E-state index in [9.17, 15) is 8.42 Å². The van der Waals surface area contributed by atoms with Crippen molar-refractivity contribution in [1.29, 1.82) is 5.41 Å². The molecule has 0 saturated carbocycles. The molecule has 0 amide bonds. The fourth-order valence-electron chi connectivity index (χ4n) is 2.04. The topological polar surface area (TPSA) is 85.8 Å². The minimum Gasteiger partial charge on any atom is -0.361 e. The summed E-state index contributed by atoms with van der Waals surface area (Å²) in [5.74, 6) is 0. The highest BCUT2D eigenvalue weighted by molar-refractivity contribution is 7.89. The first kappa shape index (κ1) is 14.7. The van der Waals surface area contributed by atoms with Crippen LogP contribution in [-0.2, 0) is 10.0 Å². The molecule has 0 unspecified atom stereocenters. The maximum absolute atomic E-state index is 12.1. The Morgan fingerprint density at radius 1 is 1.30 bits per heavy atom. The lowest BCUT2D eigenvalue weighted by atomic mass is 10.2. The molecule has 0 bridgehead atoms. The van der Waals surface area contributed by atoms with Gasteiger partial charge in [0.25, 0.3) is 0 Å². The van der Waals surface area contributed by atoms with E-state index in [0.29, 0.717) is 12.1 Å². The molecule has 0 saturated heterocycles. The van der Waals surface area contributed by atoms with Crippen LogP contribution in [-0.4, -0.2) is 25.7 Å². The molecule has 1 aromatic carbocycles. The van der Waals surface area contributed by atoms with Crippen LogP contribution in [0.2, 0.25) is 0 Å². The van der Waals surface area contributed by atoms with Gasteiger partial charge in [-0.3, -0.25) is 0 Å². The Bertz CT molecular complexity index is 704. The van der Waals surface area contributed by atoms with Crippen molar-refractivity contribution in [3.63, 3.8) is 0 Å². The second-order valence-corrected chi connectivity index (χ2v) is 6.50. The second-order valence-electron chi connectivity index (χ2n) is 4.73. The van der Waals surface area contributed by atoms with Crippen molar-refractivity contribution in [2.45, 2.75) is 31.1 Å². The molecule has 1 aromatic heterocycles. The molecule has 108 valence electrons. The summed E-state index contributed by atoms with van der Waals surface area (Å²) in [6.45, 7) is 2.27. The monoisotopic (exact) mass is 293 g/mol. The van der Waals surface area contributed by atoms with Gasteiger partial charge in [0.1, 0.15) is 0 Å². The molecule has 2 aromatic rings. The van der Waals surface area contributed by atoms with Crippen LogP contribution >= 0.6 is 0 Å². The van der Waals surface area contributed by atoms with Crippen LogP contribution in [0, 0.1) is 5.41 Å². The zero-order valence-electron chi connectivity index (χ0n) is 11.4. The summed E-state index contributed by atoms with van der Waals surface area (Å²) >= 11 is 0. The molecule has 2 rings (SSSR count). The first-order chi connectivity index (χ1) is 9.53. The van der Waals surface area contributed by atoms with Crippen molar-refractivity contribution in [1.82, 2.24) is 9.71 Å². The average molecular weight is 293 g/mol. The Morgan fingerprint density at radius 3 is 2.85 bits per heavy atom. The highest BCUT2D eigenvalue weighted by atomic mass is 32.2. The molecule has 0 aliphatic rings. The van der Waals surface area contributed by atoms with E-state index >= 15 is 0 Å². The normalized spacial score (nSPS) is 11.8. The van der Waals surface area contributed by atoms with Gasteiger partial charge >= 0.3 is 0 Å². The summed E-state index contributed by atoms with van der Waals surface area (Å²) < 4.78 is 26.8. The van der Waals surface area contributed by atoms with E-state index < -0.39 is 10.0 Å². The highest BCUT2D eigenvalue weighted by Gasteiger charge is 2.14. The molecule has 1 heterocycles. The van der Waals surface area contributed by atoms with Gasteiger partial charge in [0.15, 0.2) is 0 Å². The van der Waals surface area contributed by atoms with Crippen molar-refractivity contribution < 1.29 is 8.42 Å². The lowest BCUT2D eigenvalue weighted by molar-refractivity contribution is 0.582. The van der Waals surface area contributed by atoms with Gasteiger partial charge in [-0.15, -0.1) is 0 Å². The highest BCUT2D eigenvalue weighted by Crippen LogP contribution is 2.17. The van der Waals surface area contributed by atoms with Crippen LogP contribution in [0.5, 0.6) is 0 Å². The van der Waals surface area contributed by atoms with Crippen LogP contribution in [0.15, 0.2) is 35.4 Å². The van der Waals surface area contributed by atoms with E-state index in [-0.39, 0.29) is 11.4 Å². The Morgan fingerprint density at radius 2 is 2.10 bits per heavy atom. The predicted molar refractivity (Wildman–Crippen MR) is 80.7 cm³/mol. The van der Waals surface area contributed by atoms with Crippen LogP contribution in [0.3, 0.4) is 0 Å². The summed E-state index contributed by atoms with van der Waals surface area (Å²) in [5.41, 5.74) is 1.38. The maximum atomic E-state index is 12.1. The summed E-state index contributed by atoms with van der Waals surface area (Å²) in [6, 6.07) is 6.88. The number of aromatic amines is 1. The number of hydrogen-bond acceptors (Lipinski definition) is 3. The van der Waals surface area contributed by atoms with Crippen molar-refractivity contribution in [3.8, 4) is 0 Å². The number of sulfonamides is 1. The molecule has 6 heteroatoms. The zero-order valence-corrected chi connectivity index (χ0v) is 12.3. The lowest BCUT2D eigenvalue weighted by Crippen LogP contribution is -2.26. The first-order valence-electron chi connectivity index (χ1n) is 6.66. The van der Waals surface area contributed by atoms with Gasteiger partial charge in [0, 0.05) is 24.0 Å². The number of hydrogen-bond donors (Lipinski definition) is 3. The number of H-pyrrole nitrogens is 1. The quantitative estimate of drug-likeness (QED) is 0.685. The summed E-state index contributed by atoms with van der Waals surface area (Å²) in [4.78, 5) is 3.24. The number of aromatic nitrogens is 1. The van der Waals surface area contributed by atoms with Gasteiger partial charge < -0.3 is 10.4 Å². The summed E-state index contributed by atoms with van der Waals surface area (Å²) in [6.07, 6.45) is 3.86. The molecule has 3 N–H and O–H groups in total. The van der Waals surface area contributed by atoms with E-state index in [1.165, 1.54) is 0 Å². The van der Waals surface area contributed by atoms with E-state index in [0.717, 1.165) is 23.7 Å². The summed E-state index contributed by atoms with van der Waals surface area (Å²) in [7, 11) is -3.51. The van der Waals surface area contributed by atoms with Crippen LogP contribution in [0.4, 0.5) is 0 Å². The molecule has 0 aliphatic heterocycles. The van der Waals surface area contributed by atoms with Gasteiger partial charge in [-0.25, -0.2) is 13.1 Å². The van der Waals surface area contributed by atoms with Crippen LogP contribution in [0.25, 0.3) is 10.9 Å². The van der Waals surface area contributed by atoms with E-state index in [2.05, 4.69) is 9.71 Å². The molecule has 0 atom stereocenters. The third-order valence-electron chi connectivity index (χ3n) is 3.11. The Labute approximate surface area is 119 Å². The standard InChI is InChI=1S/C14H19N3O2S/c1-2-3-12(15)7-9-17-20(18,19)13-5-4-11-6-8-16-14(11)10-13/h4-6,8,10,15-17H,2-3,7,9H2,1H3. The van der Waals surface area contributed by atoms with Crippen molar-refractivity contribution >= 4 is 26.6 Å². The van der Waals surface area contributed by atoms with Gasteiger partial charge in [0.2, 0.25) is 10.0 Å². The van der Waals surface area contributed by atoms with Crippen LogP contribution in [0.1, 0.15) is 26.2 Å². The smallest absolute Gasteiger partial charge is 0.240 e. The minimum atomic E-state index is -3.51. The van der Waals surface area contributed by atoms with E-state index in [1.54, 1.807) is 24.4 Å². The number of fused-ring (bicyclic) bond motifs is 1. The second kappa shape index (κ2) is 6.19. The Kier molecular flexibility index (Phi) is 4.57. The third kappa shape index (κ3) is 3.46. The Hall–Kier alpha value is -1.66. The largest absolute Gasteiger partial charge is 0.361 e. The fraction of sp³-hybridized carbons (Fsp3) is 0.357. The molecule has 20 heavy (non-hydrogen) atoms. The minimum absolute atomic E-state index is 0.245. The molecular formula is C14H19N3O2S. The molecule has 0 aliphatic carbocycles. The molecule has 0 radical (unpaired) electrons. The van der Waals surface area contributed by atoms with Crippen molar-refractivity contribution in [2.75, 3.05) is 6.54 Å². The number of nitrogens with one attached hydrogen (secondary N) is 3. The SMILES string of the molecule is CCCC(=N)CCNS(=O)(=O)c1ccc2cc[nH]c2c1. The van der Waals surface area contributed by atoms with Gasteiger partial charge in [-0.1, -0.05) is 19.4 Å². The zero-order chi connectivity index (χ0) is 14.6. The predicted octanol–water partition coefficient (Wildman–Crippen LogP) is 2.66. The molecule has 0 fully saturated rings. The Balaban J connectivity index is 2.04. The maximum Gasteiger partial charge on any atom is 0.240 e. The lowest BCUT2D eigenvalue weighted by Gasteiger charge is -2.07. The summed E-state index contributed by atoms with van der Waals surface area (Å²) in [5, 5.41) is 8.63. The molecular weight excluding hydrogens is 274 g/mol. The van der Waals surface area contributed by atoms with Crippen molar-refractivity contribution in [3.05, 3.63) is 30.5 Å². The van der Waals surface area contributed by atoms with E-state index in [4.69, 9.17) is 5.41 Å². The van der Waals surface area contributed by atoms with Gasteiger partial charge in [-0.2, -0.15) is 0 Å².